The molecule has 0 spiro atoms. The molecule has 0 fully saturated rings. The molecule has 1 aliphatic heterocycles. The Labute approximate surface area is 361 Å². The van der Waals surface area contributed by atoms with Crippen LogP contribution in [0.4, 0.5) is 0 Å². The molecule has 4 heterocycles. The molecule has 62 heavy (non-hydrogen) atoms. The normalized spacial score (nSPS) is 12.4. The van der Waals surface area contributed by atoms with Gasteiger partial charge in [0.15, 0.2) is 5.82 Å². The molecule has 0 N–H and O–H groups in total. The van der Waals surface area contributed by atoms with E-state index in [-0.39, 0.29) is 0 Å². The van der Waals surface area contributed by atoms with Crippen LogP contribution in [0, 0.1) is 0 Å². The summed E-state index contributed by atoms with van der Waals surface area (Å²) in [7, 11) is 0. The lowest BCUT2D eigenvalue weighted by atomic mass is 9.95. The van der Waals surface area contributed by atoms with Gasteiger partial charge in [-0.1, -0.05) is 169 Å². The summed E-state index contributed by atoms with van der Waals surface area (Å²) in [5.41, 5.74) is 15.1. The minimum atomic E-state index is 0.695. The number of rotatable bonds is 5. The number of furan rings is 1. The van der Waals surface area contributed by atoms with E-state index >= 15 is 0 Å². The van der Waals surface area contributed by atoms with E-state index in [1.807, 2.05) is 0 Å². The maximum Gasteiger partial charge on any atom is 0.160 e. The van der Waals surface area contributed by atoms with Gasteiger partial charge in [-0.3, -0.25) is 0 Å². The van der Waals surface area contributed by atoms with E-state index in [1.165, 1.54) is 59.8 Å². The SMILES string of the molecule is c1ccc(-c2ccc(-c3nc(-c4cccc5oc6ccc(-n7c8ccccc8c8cc(-c9ccccc9)c9ccccc9c87)cc6c45)nc4c3Sc3ccccc3C4)cc2)cc1. The highest BCUT2D eigenvalue weighted by Gasteiger charge is 2.26. The Morgan fingerprint density at radius 3 is 2.00 bits per heavy atom. The summed E-state index contributed by atoms with van der Waals surface area (Å²) in [5, 5.41) is 6.92. The molecule has 0 unspecified atom stereocenters. The number of aromatic nitrogens is 3. The van der Waals surface area contributed by atoms with Crippen LogP contribution in [-0.2, 0) is 6.42 Å². The Bertz CT molecular complexity index is 3740. The van der Waals surface area contributed by atoms with Gasteiger partial charge in [0, 0.05) is 55.1 Å². The lowest BCUT2D eigenvalue weighted by Crippen LogP contribution is -2.07. The molecular formula is C57H35N3OS. The van der Waals surface area contributed by atoms with Gasteiger partial charge in [-0.05, 0) is 75.7 Å². The fourth-order valence-corrected chi connectivity index (χ4v) is 10.8. The molecule has 4 nitrogen and oxygen atoms in total. The van der Waals surface area contributed by atoms with Gasteiger partial charge in [0.05, 0.1) is 27.3 Å². The van der Waals surface area contributed by atoms with E-state index in [9.17, 15) is 0 Å². The Hall–Kier alpha value is -7.73. The van der Waals surface area contributed by atoms with Gasteiger partial charge in [-0.2, -0.15) is 0 Å². The minimum absolute atomic E-state index is 0.695. The highest BCUT2D eigenvalue weighted by Crippen LogP contribution is 2.46. The molecule has 0 saturated heterocycles. The van der Waals surface area contributed by atoms with Crippen molar-refractivity contribution in [2.75, 3.05) is 0 Å². The molecule has 0 atom stereocenters. The van der Waals surface area contributed by atoms with Gasteiger partial charge in [-0.15, -0.1) is 0 Å². The standard InChI is InChI=1S/C57H35N3OS/c1-3-14-35(15-4-1)36-26-28-38(29-27-36)54-56-48(32-39-18-7-12-25-52(39)62-56)58-57(59-54)44-22-13-24-51-53(44)47-33-40(30-31-50(47)61-51)60-49-23-11-10-20-42(49)46-34-45(37-16-5-2-6-17-37)41-19-8-9-21-43(41)55(46)60/h1-31,33-34H,32H2. The van der Waals surface area contributed by atoms with Crippen LogP contribution in [0.15, 0.2) is 214 Å². The summed E-state index contributed by atoms with van der Waals surface area (Å²) < 4.78 is 9.09. The van der Waals surface area contributed by atoms with Crippen LogP contribution in [0.5, 0.6) is 0 Å². The maximum absolute atomic E-state index is 6.66. The average Bonchev–Trinajstić information content (AvgIpc) is 3.89. The summed E-state index contributed by atoms with van der Waals surface area (Å²) >= 11 is 1.77. The Balaban J connectivity index is 1.02. The summed E-state index contributed by atoms with van der Waals surface area (Å²) in [6, 6.07) is 71.6. The molecule has 5 heteroatoms. The van der Waals surface area contributed by atoms with Crippen molar-refractivity contribution in [1.82, 2.24) is 14.5 Å². The Morgan fingerprint density at radius 2 is 1.16 bits per heavy atom. The Morgan fingerprint density at radius 1 is 0.468 bits per heavy atom. The molecule has 0 bridgehead atoms. The third-order valence-corrected chi connectivity index (χ3v) is 13.7. The third-order valence-electron chi connectivity index (χ3n) is 12.5. The van der Waals surface area contributed by atoms with Crippen molar-refractivity contribution < 1.29 is 4.42 Å². The zero-order valence-corrected chi connectivity index (χ0v) is 34.2. The average molecular weight is 810 g/mol. The van der Waals surface area contributed by atoms with Gasteiger partial charge in [0.1, 0.15) is 11.2 Å². The molecular weight excluding hydrogens is 775 g/mol. The monoisotopic (exact) mass is 809 g/mol. The maximum atomic E-state index is 6.66. The lowest BCUT2D eigenvalue weighted by molar-refractivity contribution is 0.669. The first-order chi connectivity index (χ1) is 30.7. The first-order valence-electron chi connectivity index (χ1n) is 21.0. The van der Waals surface area contributed by atoms with E-state index in [1.54, 1.807) is 11.8 Å². The van der Waals surface area contributed by atoms with E-state index in [2.05, 4.69) is 205 Å². The number of fused-ring (bicyclic) bond motifs is 10. The van der Waals surface area contributed by atoms with Crippen LogP contribution in [-0.4, -0.2) is 14.5 Å². The molecule has 12 aromatic rings. The minimum Gasteiger partial charge on any atom is -0.456 e. The van der Waals surface area contributed by atoms with Gasteiger partial charge >= 0.3 is 0 Å². The van der Waals surface area contributed by atoms with Crippen molar-refractivity contribution in [3.63, 3.8) is 0 Å². The Kier molecular flexibility index (Phi) is 7.87. The highest BCUT2D eigenvalue weighted by molar-refractivity contribution is 7.99. The summed E-state index contributed by atoms with van der Waals surface area (Å²) in [6.07, 6.45) is 0.739. The van der Waals surface area contributed by atoms with E-state index in [0.717, 1.165) is 67.0 Å². The van der Waals surface area contributed by atoms with Gasteiger partial charge in [0.2, 0.25) is 0 Å². The fourth-order valence-electron chi connectivity index (χ4n) is 9.62. The van der Waals surface area contributed by atoms with Gasteiger partial charge in [-0.25, -0.2) is 9.97 Å². The van der Waals surface area contributed by atoms with Crippen LogP contribution < -0.4 is 0 Å². The van der Waals surface area contributed by atoms with E-state index in [0.29, 0.717) is 5.82 Å². The van der Waals surface area contributed by atoms with E-state index in [4.69, 9.17) is 14.4 Å². The van der Waals surface area contributed by atoms with Crippen molar-refractivity contribution >= 4 is 66.3 Å². The molecule has 290 valence electrons. The van der Waals surface area contributed by atoms with Crippen LogP contribution >= 0.6 is 11.8 Å². The van der Waals surface area contributed by atoms with Crippen molar-refractivity contribution in [3.8, 4) is 50.6 Å². The smallest absolute Gasteiger partial charge is 0.160 e. The third kappa shape index (κ3) is 5.49. The number of benzene rings is 9. The topological polar surface area (TPSA) is 43.9 Å². The first kappa shape index (κ1) is 35.1. The van der Waals surface area contributed by atoms with Crippen molar-refractivity contribution in [3.05, 3.63) is 211 Å². The molecule has 1 aliphatic rings. The molecule has 3 aromatic heterocycles. The van der Waals surface area contributed by atoms with Crippen LogP contribution in [0.25, 0.3) is 105 Å². The highest BCUT2D eigenvalue weighted by atomic mass is 32.2. The number of hydrogen-bond acceptors (Lipinski definition) is 4. The van der Waals surface area contributed by atoms with Crippen molar-refractivity contribution in [2.45, 2.75) is 16.2 Å². The van der Waals surface area contributed by atoms with Crippen molar-refractivity contribution in [1.29, 1.82) is 0 Å². The second kappa shape index (κ2) is 13.9. The molecule has 0 amide bonds. The molecule has 0 aliphatic carbocycles. The largest absolute Gasteiger partial charge is 0.456 e. The zero-order chi connectivity index (χ0) is 40.7. The molecule has 0 saturated carbocycles. The number of hydrogen-bond donors (Lipinski definition) is 0. The van der Waals surface area contributed by atoms with Crippen LogP contribution in [0.1, 0.15) is 11.3 Å². The molecule has 0 radical (unpaired) electrons. The molecule has 9 aromatic carbocycles. The van der Waals surface area contributed by atoms with Crippen LogP contribution in [0.3, 0.4) is 0 Å². The summed E-state index contributed by atoms with van der Waals surface area (Å²) in [4.78, 5) is 13.3. The van der Waals surface area contributed by atoms with Crippen LogP contribution in [0.2, 0.25) is 0 Å². The van der Waals surface area contributed by atoms with Crippen molar-refractivity contribution in [2.24, 2.45) is 0 Å². The second-order valence-corrected chi connectivity index (χ2v) is 17.1. The summed E-state index contributed by atoms with van der Waals surface area (Å²) in [5.74, 6) is 0.695. The summed E-state index contributed by atoms with van der Waals surface area (Å²) in [6.45, 7) is 0. The van der Waals surface area contributed by atoms with E-state index < -0.39 is 0 Å². The number of nitrogens with zero attached hydrogens (tertiary/aromatic N) is 3. The zero-order valence-electron chi connectivity index (χ0n) is 33.4. The second-order valence-electron chi connectivity index (χ2n) is 16.0. The fraction of sp³-hybridized carbons (Fsp3) is 0.0175. The number of para-hydroxylation sites is 1. The first-order valence-corrected chi connectivity index (χ1v) is 21.8. The molecule has 13 rings (SSSR count). The van der Waals surface area contributed by atoms with Gasteiger partial charge in [0.25, 0.3) is 0 Å². The lowest BCUT2D eigenvalue weighted by Gasteiger charge is -2.21. The predicted molar refractivity (Wildman–Crippen MR) is 256 cm³/mol. The predicted octanol–water partition coefficient (Wildman–Crippen LogP) is 15.3. The quantitative estimate of drug-likeness (QED) is 0.174. The van der Waals surface area contributed by atoms with Gasteiger partial charge < -0.3 is 8.98 Å².